The van der Waals surface area contributed by atoms with E-state index >= 15 is 0 Å². The summed E-state index contributed by atoms with van der Waals surface area (Å²) in [6, 6.07) is 13.1. The lowest BCUT2D eigenvalue weighted by molar-refractivity contribution is 0.0580. The first-order chi connectivity index (χ1) is 12.2. The summed E-state index contributed by atoms with van der Waals surface area (Å²) in [5.74, 6) is 1.80. The number of ether oxygens (including phenoxy) is 1. The summed E-state index contributed by atoms with van der Waals surface area (Å²) in [4.78, 5) is 2.01. The van der Waals surface area contributed by atoms with Crippen LogP contribution in [0.3, 0.4) is 0 Å². The first-order valence-corrected chi connectivity index (χ1v) is 8.02. The highest BCUT2D eigenvalue weighted by Gasteiger charge is 2.16. The Bertz CT molecular complexity index is 689. The molecule has 0 spiro atoms. The van der Waals surface area contributed by atoms with Crippen LogP contribution in [0.4, 0.5) is 4.39 Å². The van der Waals surface area contributed by atoms with E-state index < -0.39 is 6.10 Å². The number of halogens is 1. The highest BCUT2D eigenvalue weighted by atomic mass is 19.1. The minimum Gasteiger partial charge on any atom is -0.491 e. The molecule has 1 atom stereocenters. The molecule has 0 saturated heterocycles. The largest absolute Gasteiger partial charge is 0.491 e. The predicted octanol–water partition coefficient (Wildman–Crippen LogP) is 3.45. The number of benzene rings is 1. The fourth-order valence-corrected chi connectivity index (χ4v) is 2.50. The molecular weight excluding hydrogens is 325 g/mol. The molecule has 3 rings (SSSR count). The Morgan fingerprint density at radius 3 is 2.08 bits per heavy atom. The van der Waals surface area contributed by atoms with Crippen molar-refractivity contribution in [3.05, 3.63) is 78.4 Å². The smallest absolute Gasteiger partial charge is 0.123 e. The molecule has 3 aromatic rings. The van der Waals surface area contributed by atoms with E-state index in [9.17, 15) is 9.50 Å². The van der Waals surface area contributed by atoms with E-state index in [1.165, 1.54) is 24.3 Å². The van der Waals surface area contributed by atoms with Crippen LogP contribution in [0, 0.1) is 5.82 Å². The maximum atomic E-state index is 12.9. The number of hydrogen-bond donors (Lipinski definition) is 1. The van der Waals surface area contributed by atoms with Gasteiger partial charge in [-0.25, -0.2) is 4.39 Å². The van der Waals surface area contributed by atoms with Gasteiger partial charge in [0.05, 0.1) is 25.6 Å². The van der Waals surface area contributed by atoms with Gasteiger partial charge in [-0.2, -0.15) is 0 Å². The summed E-state index contributed by atoms with van der Waals surface area (Å²) in [5, 5.41) is 10.3. The van der Waals surface area contributed by atoms with Crippen molar-refractivity contribution in [1.29, 1.82) is 0 Å². The van der Waals surface area contributed by atoms with Crippen molar-refractivity contribution in [2.75, 3.05) is 13.2 Å². The second-order valence-corrected chi connectivity index (χ2v) is 5.75. The molecule has 5 nitrogen and oxygen atoms in total. The lowest BCUT2D eigenvalue weighted by Crippen LogP contribution is -2.34. The predicted molar refractivity (Wildman–Crippen MR) is 89.4 cm³/mol. The van der Waals surface area contributed by atoms with Crippen molar-refractivity contribution in [2.24, 2.45) is 0 Å². The van der Waals surface area contributed by atoms with Crippen molar-refractivity contribution in [3.8, 4) is 5.75 Å². The highest BCUT2D eigenvalue weighted by Crippen LogP contribution is 2.14. The molecule has 0 saturated carbocycles. The molecule has 6 heteroatoms. The Hall–Kier alpha value is -2.57. The van der Waals surface area contributed by atoms with E-state index in [1.54, 1.807) is 12.5 Å². The first-order valence-electron chi connectivity index (χ1n) is 8.02. The van der Waals surface area contributed by atoms with Crippen LogP contribution in [-0.4, -0.2) is 29.3 Å². The van der Waals surface area contributed by atoms with Gasteiger partial charge in [0.1, 0.15) is 35.8 Å². The van der Waals surface area contributed by atoms with Gasteiger partial charge in [0, 0.05) is 6.54 Å². The van der Waals surface area contributed by atoms with Crippen LogP contribution < -0.4 is 4.74 Å². The molecular formula is C19H20FNO4. The third-order valence-corrected chi connectivity index (χ3v) is 3.64. The van der Waals surface area contributed by atoms with Crippen molar-refractivity contribution in [2.45, 2.75) is 19.2 Å². The fourth-order valence-electron chi connectivity index (χ4n) is 2.50. The highest BCUT2D eigenvalue weighted by molar-refractivity contribution is 5.22. The van der Waals surface area contributed by atoms with Crippen LogP contribution in [0.2, 0.25) is 0 Å². The average Bonchev–Trinajstić information content (AvgIpc) is 3.28. The topological polar surface area (TPSA) is 59.0 Å². The molecule has 132 valence electrons. The Morgan fingerprint density at radius 2 is 1.56 bits per heavy atom. The SMILES string of the molecule is OC(COc1ccc(F)cc1)CN(Cc1ccco1)Cc1ccco1. The maximum Gasteiger partial charge on any atom is 0.123 e. The quantitative estimate of drug-likeness (QED) is 0.644. The average molecular weight is 345 g/mol. The zero-order chi connectivity index (χ0) is 17.5. The van der Waals surface area contributed by atoms with Crippen LogP contribution in [0.1, 0.15) is 11.5 Å². The third kappa shape index (κ3) is 5.48. The van der Waals surface area contributed by atoms with Crippen LogP contribution in [0.15, 0.2) is 69.9 Å². The van der Waals surface area contributed by atoms with Gasteiger partial charge in [-0.3, -0.25) is 4.90 Å². The lowest BCUT2D eigenvalue weighted by atomic mass is 10.3. The maximum absolute atomic E-state index is 12.9. The molecule has 0 fully saturated rings. The van der Waals surface area contributed by atoms with E-state index in [2.05, 4.69) is 0 Å². The van der Waals surface area contributed by atoms with Crippen molar-refractivity contribution in [3.63, 3.8) is 0 Å². The summed E-state index contributed by atoms with van der Waals surface area (Å²) in [6.45, 7) is 1.57. The van der Waals surface area contributed by atoms with Gasteiger partial charge >= 0.3 is 0 Å². The minimum atomic E-state index is -0.713. The van der Waals surface area contributed by atoms with Crippen LogP contribution in [0.25, 0.3) is 0 Å². The molecule has 0 bridgehead atoms. The van der Waals surface area contributed by atoms with Gasteiger partial charge < -0.3 is 18.7 Å². The van der Waals surface area contributed by atoms with Crippen molar-refractivity contribution in [1.82, 2.24) is 4.90 Å². The van der Waals surface area contributed by atoms with E-state index in [-0.39, 0.29) is 12.4 Å². The lowest BCUT2D eigenvalue weighted by Gasteiger charge is -2.23. The molecule has 0 radical (unpaired) electrons. The molecule has 2 heterocycles. The molecule has 25 heavy (non-hydrogen) atoms. The Morgan fingerprint density at radius 1 is 0.960 bits per heavy atom. The molecule has 1 N–H and O–H groups in total. The molecule has 0 aliphatic carbocycles. The summed E-state index contributed by atoms with van der Waals surface area (Å²) in [5.41, 5.74) is 0. The van der Waals surface area contributed by atoms with Gasteiger partial charge in [-0.15, -0.1) is 0 Å². The number of aliphatic hydroxyl groups excluding tert-OH is 1. The second kappa shape index (κ2) is 8.50. The summed E-state index contributed by atoms with van der Waals surface area (Å²) < 4.78 is 29.2. The standard InChI is InChI=1S/C19H20FNO4/c20-15-5-7-17(8-6-15)25-14-16(22)11-21(12-18-3-1-9-23-18)13-19-4-2-10-24-19/h1-10,16,22H,11-14H2. The van der Waals surface area contributed by atoms with Crippen LogP contribution in [-0.2, 0) is 13.1 Å². The summed E-state index contributed by atoms with van der Waals surface area (Å²) in [7, 11) is 0. The molecule has 1 aromatic carbocycles. The third-order valence-electron chi connectivity index (χ3n) is 3.64. The fraction of sp³-hybridized carbons (Fsp3) is 0.263. The monoisotopic (exact) mass is 345 g/mol. The van der Waals surface area contributed by atoms with Crippen molar-refractivity contribution >= 4 is 0 Å². The van der Waals surface area contributed by atoms with Gasteiger partial charge in [-0.1, -0.05) is 0 Å². The summed E-state index contributed by atoms with van der Waals surface area (Å²) in [6.07, 6.45) is 2.53. The van der Waals surface area contributed by atoms with Crippen LogP contribution >= 0.6 is 0 Å². The zero-order valence-corrected chi connectivity index (χ0v) is 13.7. The Labute approximate surface area is 145 Å². The number of hydrogen-bond acceptors (Lipinski definition) is 5. The first kappa shape index (κ1) is 17.3. The van der Waals surface area contributed by atoms with Crippen molar-refractivity contribution < 1.29 is 23.1 Å². The summed E-state index contributed by atoms with van der Waals surface area (Å²) >= 11 is 0. The Kier molecular flexibility index (Phi) is 5.87. The van der Waals surface area contributed by atoms with Gasteiger partial charge in [0.15, 0.2) is 0 Å². The van der Waals surface area contributed by atoms with E-state index in [4.69, 9.17) is 13.6 Å². The second-order valence-electron chi connectivity index (χ2n) is 5.75. The molecule has 1 unspecified atom stereocenters. The van der Waals surface area contributed by atoms with E-state index in [0.717, 1.165) is 11.5 Å². The number of aliphatic hydroxyl groups is 1. The number of furan rings is 2. The minimum absolute atomic E-state index is 0.110. The van der Waals surface area contributed by atoms with Crippen LogP contribution in [0.5, 0.6) is 5.75 Å². The molecule has 0 amide bonds. The molecule has 0 aliphatic rings. The number of rotatable bonds is 9. The van der Waals surface area contributed by atoms with Gasteiger partial charge in [0.2, 0.25) is 0 Å². The van der Waals surface area contributed by atoms with Gasteiger partial charge in [0.25, 0.3) is 0 Å². The zero-order valence-electron chi connectivity index (χ0n) is 13.7. The van der Waals surface area contributed by atoms with E-state index in [1.807, 2.05) is 29.2 Å². The molecule has 0 aliphatic heterocycles. The van der Waals surface area contributed by atoms with Gasteiger partial charge in [-0.05, 0) is 48.5 Å². The number of nitrogens with zero attached hydrogens (tertiary/aromatic N) is 1. The molecule has 2 aromatic heterocycles. The van der Waals surface area contributed by atoms with E-state index in [0.29, 0.717) is 25.4 Å². The Balaban J connectivity index is 1.55. The normalized spacial score (nSPS) is 12.4.